The Kier molecular flexibility index (Phi) is 3.73. The van der Waals surface area contributed by atoms with E-state index in [0.717, 1.165) is 0 Å². The lowest BCUT2D eigenvalue weighted by atomic mass is 9.98. The SMILES string of the molecule is OC1(O)c2c(ccc(Oc3ccncc3)c2C(F)F)C(F)(F)C1(F)F. The Bertz CT molecular complexity index is 810. The van der Waals surface area contributed by atoms with Gasteiger partial charge < -0.3 is 14.9 Å². The number of rotatable bonds is 3. The molecule has 1 aliphatic carbocycles. The summed E-state index contributed by atoms with van der Waals surface area (Å²) in [7, 11) is 0. The maximum Gasteiger partial charge on any atom is 0.371 e. The monoisotopic (exact) mass is 365 g/mol. The van der Waals surface area contributed by atoms with Gasteiger partial charge in [0.15, 0.2) is 0 Å². The molecule has 0 amide bonds. The van der Waals surface area contributed by atoms with Gasteiger partial charge in [0, 0.05) is 23.5 Å². The summed E-state index contributed by atoms with van der Waals surface area (Å²) >= 11 is 0. The molecule has 0 aliphatic heterocycles. The zero-order valence-corrected chi connectivity index (χ0v) is 12.1. The van der Waals surface area contributed by atoms with Crippen molar-refractivity contribution < 1.29 is 41.3 Å². The van der Waals surface area contributed by atoms with Crippen LogP contribution in [0.25, 0.3) is 0 Å². The highest BCUT2D eigenvalue weighted by Crippen LogP contribution is 2.62. The number of ether oxygens (including phenoxy) is 1. The van der Waals surface area contributed by atoms with Crippen LogP contribution in [-0.4, -0.2) is 21.1 Å². The lowest BCUT2D eigenvalue weighted by Gasteiger charge is -2.28. The van der Waals surface area contributed by atoms with Gasteiger partial charge >= 0.3 is 11.8 Å². The van der Waals surface area contributed by atoms with Crippen LogP contribution in [0.1, 0.15) is 23.1 Å². The number of pyridine rings is 1. The molecule has 1 aromatic carbocycles. The Labute approximate surface area is 136 Å². The van der Waals surface area contributed by atoms with Crippen molar-refractivity contribution in [3.63, 3.8) is 0 Å². The Morgan fingerprint density at radius 2 is 1.56 bits per heavy atom. The van der Waals surface area contributed by atoms with Gasteiger partial charge in [-0.05, 0) is 24.3 Å². The van der Waals surface area contributed by atoms with E-state index in [1.54, 1.807) is 0 Å². The predicted octanol–water partition coefficient (Wildman–Crippen LogP) is 3.69. The van der Waals surface area contributed by atoms with Crippen molar-refractivity contribution in [2.75, 3.05) is 0 Å². The highest BCUT2D eigenvalue weighted by Gasteiger charge is 2.77. The highest BCUT2D eigenvalue weighted by molar-refractivity contribution is 5.55. The quantitative estimate of drug-likeness (QED) is 0.643. The largest absolute Gasteiger partial charge is 0.457 e. The Morgan fingerprint density at radius 1 is 0.960 bits per heavy atom. The van der Waals surface area contributed by atoms with E-state index >= 15 is 0 Å². The number of alkyl halides is 6. The van der Waals surface area contributed by atoms with Gasteiger partial charge in [0.25, 0.3) is 12.2 Å². The maximum absolute atomic E-state index is 13.8. The number of fused-ring (bicyclic) bond motifs is 1. The first kappa shape index (κ1) is 17.5. The average Bonchev–Trinajstić information content (AvgIpc) is 2.64. The Morgan fingerprint density at radius 3 is 2.12 bits per heavy atom. The Balaban J connectivity index is 2.25. The molecule has 10 heteroatoms. The van der Waals surface area contributed by atoms with E-state index in [4.69, 9.17) is 4.74 Å². The molecule has 0 spiro atoms. The van der Waals surface area contributed by atoms with Crippen molar-refractivity contribution in [3.05, 3.63) is 53.3 Å². The molecule has 25 heavy (non-hydrogen) atoms. The minimum atomic E-state index is -5.40. The summed E-state index contributed by atoms with van der Waals surface area (Å²) in [5.74, 6) is -15.7. The van der Waals surface area contributed by atoms with Gasteiger partial charge in [-0.15, -0.1) is 0 Å². The van der Waals surface area contributed by atoms with Gasteiger partial charge in [-0.25, -0.2) is 8.78 Å². The molecule has 3 rings (SSSR count). The molecular formula is C15H9F6NO3. The molecule has 0 saturated heterocycles. The molecule has 1 aliphatic rings. The van der Waals surface area contributed by atoms with Gasteiger partial charge in [-0.2, -0.15) is 17.6 Å². The number of hydrogen-bond donors (Lipinski definition) is 2. The average molecular weight is 365 g/mol. The standard InChI is InChI=1S/C15H9F6NO3/c16-12(17)10-9(25-7-3-5-22-6-4-7)2-1-8-11(10)14(23,24)15(20,21)13(8,18)19/h1-6,12,23-24H. The van der Waals surface area contributed by atoms with Gasteiger partial charge in [0.05, 0.1) is 5.56 Å². The zero-order chi connectivity index (χ0) is 18.6. The fourth-order valence-corrected chi connectivity index (χ4v) is 2.62. The lowest BCUT2D eigenvalue weighted by Crippen LogP contribution is -2.49. The van der Waals surface area contributed by atoms with Crippen LogP contribution in [0.15, 0.2) is 36.7 Å². The molecule has 0 saturated carbocycles. The van der Waals surface area contributed by atoms with E-state index in [-0.39, 0.29) is 5.75 Å². The van der Waals surface area contributed by atoms with Crippen LogP contribution < -0.4 is 4.74 Å². The number of benzene rings is 1. The van der Waals surface area contributed by atoms with Gasteiger partial charge in [-0.3, -0.25) is 4.98 Å². The first-order valence-corrected chi connectivity index (χ1v) is 6.76. The topological polar surface area (TPSA) is 62.6 Å². The van der Waals surface area contributed by atoms with Crippen LogP contribution in [-0.2, 0) is 11.7 Å². The third-order valence-corrected chi connectivity index (χ3v) is 3.82. The first-order chi connectivity index (χ1) is 11.5. The smallest absolute Gasteiger partial charge is 0.371 e. The van der Waals surface area contributed by atoms with Crippen LogP contribution in [0.3, 0.4) is 0 Å². The van der Waals surface area contributed by atoms with Crippen molar-refractivity contribution in [1.82, 2.24) is 4.98 Å². The Hall–Kier alpha value is -2.33. The first-order valence-electron chi connectivity index (χ1n) is 6.76. The number of aliphatic hydroxyl groups is 2. The molecule has 2 N–H and O–H groups in total. The van der Waals surface area contributed by atoms with E-state index in [2.05, 4.69) is 4.98 Å². The summed E-state index contributed by atoms with van der Waals surface area (Å²) in [6.45, 7) is 0. The molecule has 1 aromatic heterocycles. The van der Waals surface area contributed by atoms with Gasteiger partial charge in [0.2, 0.25) is 0 Å². The molecular weight excluding hydrogens is 356 g/mol. The third kappa shape index (κ3) is 2.28. The summed E-state index contributed by atoms with van der Waals surface area (Å²) in [6.07, 6.45) is -1.10. The van der Waals surface area contributed by atoms with Crippen LogP contribution >= 0.6 is 0 Å². The predicted molar refractivity (Wildman–Crippen MR) is 70.7 cm³/mol. The number of nitrogens with zero attached hydrogens (tertiary/aromatic N) is 1. The van der Waals surface area contributed by atoms with Crippen molar-refractivity contribution in [3.8, 4) is 11.5 Å². The van der Waals surface area contributed by atoms with Crippen molar-refractivity contribution in [2.24, 2.45) is 0 Å². The van der Waals surface area contributed by atoms with E-state index in [9.17, 15) is 36.6 Å². The van der Waals surface area contributed by atoms with Crippen molar-refractivity contribution >= 4 is 0 Å². The minimum absolute atomic E-state index is 0.0325. The van der Waals surface area contributed by atoms with E-state index < -0.39 is 46.5 Å². The molecule has 4 nitrogen and oxygen atoms in total. The number of hydrogen-bond acceptors (Lipinski definition) is 4. The van der Waals surface area contributed by atoms with Gasteiger partial charge in [0.1, 0.15) is 11.5 Å². The summed E-state index contributed by atoms with van der Waals surface area (Å²) in [5.41, 5.74) is -4.71. The normalized spacial score (nSPS) is 19.7. The van der Waals surface area contributed by atoms with Crippen molar-refractivity contribution in [1.29, 1.82) is 0 Å². The molecule has 1 heterocycles. The number of aromatic nitrogens is 1. The van der Waals surface area contributed by atoms with Gasteiger partial charge in [-0.1, -0.05) is 0 Å². The van der Waals surface area contributed by atoms with Crippen molar-refractivity contribution in [2.45, 2.75) is 24.1 Å². The zero-order valence-electron chi connectivity index (χ0n) is 12.1. The molecule has 0 unspecified atom stereocenters. The maximum atomic E-state index is 13.8. The molecule has 134 valence electrons. The molecule has 2 aromatic rings. The number of halogens is 6. The second-order valence-electron chi connectivity index (χ2n) is 5.31. The van der Waals surface area contributed by atoms with Crippen LogP contribution in [0.4, 0.5) is 26.3 Å². The second-order valence-corrected chi connectivity index (χ2v) is 5.31. The third-order valence-electron chi connectivity index (χ3n) is 3.82. The summed E-state index contributed by atoms with van der Waals surface area (Å²) in [4.78, 5) is 3.66. The molecule has 0 fully saturated rings. The van der Waals surface area contributed by atoms with E-state index in [1.165, 1.54) is 24.5 Å². The van der Waals surface area contributed by atoms with E-state index in [1.807, 2.05) is 0 Å². The van der Waals surface area contributed by atoms with E-state index in [0.29, 0.717) is 12.1 Å². The van der Waals surface area contributed by atoms with Crippen LogP contribution in [0.2, 0.25) is 0 Å². The fourth-order valence-electron chi connectivity index (χ4n) is 2.62. The van der Waals surface area contributed by atoms with Crippen LogP contribution in [0, 0.1) is 0 Å². The summed E-state index contributed by atoms with van der Waals surface area (Å²) in [5, 5.41) is 19.1. The lowest BCUT2D eigenvalue weighted by molar-refractivity contribution is -0.358. The summed E-state index contributed by atoms with van der Waals surface area (Å²) in [6, 6.07) is 3.54. The van der Waals surface area contributed by atoms with Crippen LogP contribution in [0.5, 0.6) is 11.5 Å². The summed E-state index contributed by atoms with van der Waals surface area (Å²) < 4.78 is 87.1. The molecule has 0 bridgehead atoms. The molecule has 0 radical (unpaired) electrons. The highest BCUT2D eigenvalue weighted by atomic mass is 19.3. The molecule has 0 atom stereocenters. The minimum Gasteiger partial charge on any atom is -0.457 e. The fraction of sp³-hybridized carbons (Fsp3) is 0.267. The second kappa shape index (κ2) is 5.33.